The van der Waals surface area contributed by atoms with Gasteiger partial charge in [0, 0.05) is 19.8 Å². The molecule has 0 amide bonds. The van der Waals surface area contributed by atoms with E-state index >= 15 is 0 Å². The topological polar surface area (TPSA) is 55.4 Å². The minimum absolute atomic E-state index is 0.265. The molecule has 0 radical (unpaired) electrons. The van der Waals surface area contributed by atoms with Crippen molar-refractivity contribution in [3.8, 4) is 0 Å². The zero-order valence-electron chi connectivity index (χ0n) is 10.8. The summed E-state index contributed by atoms with van der Waals surface area (Å²) in [4.78, 5) is 0. The minimum atomic E-state index is -3.02. The molecule has 1 aliphatic heterocycles. The summed E-state index contributed by atoms with van der Waals surface area (Å²) >= 11 is 0. The number of ether oxygens (including phenoxy) is 1. The van der Waals surface area contributed by atoms with Crippen LogP contribution in [0.1, 0.15) is 45.4 Å². The SMILES string of the molecule is CCCCS(=O)(=O)NCCCC1CCOCC1. The fraction of sp³-hybridized carbons (Fsp3) is 1.00. The molecule has 0 bridgehead atoms. The Hall–Kier alpha value is -0.130. The quantitative estimate of drug-likeness (QED) is 0.681. The summed E-state index contributed by atoms with van der Waals surface area (Å²) in [5.74, 6) is 0.990. The number of unbranched alkanes of at least 4 members (excludes halogenated alkanes) is 1. The van der Waals surface area contributed by atoms with Crippen molar-refractivity contribution in [1.29, 1.82) is 0 Å². The lowest BCUT2D eigenvalue weighted by Gasteiger charge is -2.21. The van der Waals surface area contributed by atoms with Crippen LogP contribution in [0.25, 0.3) is 0 Å². The van der Waals surface area contributed by atoms with Crippen LogP contribution in [0.15, 0.2) is 0 Å². The molecule has 0 aromatic heterocycles. The number of hydrogen-bond acceptors (Lipinski definition) is 3. The third kappa shape index (κ3) is 7.01. The molecule has 0 spiro atoms. The molecule has 0 unspecified atom stereocenters. The summed E-state index contributed by atoms with van der Waals surface area (Å²) in [6, 6.07) is 0. The maximum absolute atomic E-state index is 11.5. The van der Waals surface area contributed by atoms with Gasteiger partial charge in [-0.2, -0.15) is 0 Å². The van der Waals surface area contributed by atoms with E-state index in [2.05, 4.69) is 4.72 Å². The summed E-state index contributed by atoms with van der Waals surface area (Å²) in [7, 11) is -3.02. The van der Waals surface area contributed by atoms with E-state index in [0.717, 1.165) is 57.7 Å². The molecule has 1 fully saturated rings. The first-order valence-electron chi connectivity index (χ1n) is 6.69. The van der Waals surface area contributed by atoms with Gasteiger partial charge in [-0.1, -0.05) is 13.3 Å². The van der Waals surface area contributed by atoms with Crippen molar-refractivity contribution in [2.45, 2.75) is 45.4 Å². The first-order chi connectivity index (χ1) is 8.14. The molecular weight excluding hydrogens is 238 g/mol. The number of sulfonamides is 1. The average molecular weight is 263 g/mol. The molecule has 102 valence electrons. The minimum Gasteiger partial charge on any atom is -0.381 e. The van der Waals surface area contributed by atoms with Crippen molar-refractivity contribution in [1.82, 2.24) is 4.72 Å². The van der Waals surface area contributed by atoms with Crippen LogP contribution in [0.2, 0.25) is 0 Å². The van der Waals surface area contributed by atoms with Crippen molar-refractivity contribution < 1.29 is 13.2 Å². The van der Waals surface area contributed by atoms with E-state index in [9.17, 15) is 8.42 Å². The third-order valence-corrected chi connectivity index (χ3v) is 4.69. The second-order valence-electron chi connectivity index (χ2n) is 4.76. The summed E-state index contributed by atoms with van der Waals surface area (Å²) in [5.41, 5.74) is 0. The molecule has 1 heterocycles. The second-order valence-corrected chi connectivity index (χ2v) is 6.69. The van der Waals surface area contributed by atoms with Crippen LogP contribution < -0.4 is 4.72 Å². The fourth-order valence-corrected chi connectivity index (χ4v) is 3.33. The van der Waals surface area contributed by atoms with Gasteiger partial charge in [0.25, 0.3) is 0 Å². The monoisotopic (exact) mass is 263 g/mol. The number of hydrogen-bond donors (Lipinski definition) is 1. The summed E-state index contributed by atoms with van der Waals surface area (Å²) in [6.45, 7) is 4.32. The van der Waals surface area contributed by atoms with Crippen LogP contribution in [0, 0.1) is 5.92 Å². The van der Waals surface area contributed by atoms with Gasteiger partial charge >= 0.3 is 0 Å². The molecule has 17 heavy (non-hydrogen) atoms. The van der Waals surface area contributed by atoms with Crippen molar-refractivity contribution in [3.63, 3.8) is 0 Å². The van der Waals surface area contributed by atoms with E-state index in [1.54, 1.807) is 0 Å². The van der Waals surface area contributed by atoms with E-state index in [4.69, 9.17) is 4.74 Å². The molecule has 0 aromatic rings. The van der Waals surface area contributed by atoms with Crippen LogP contribution in [0.4, 0.5) is 0 Å². The summed E-state index contributed by atoms with van der Waals surface area (Å²) in [6.07, 6.45) is 5.97. The zero-order chi connectivity index (χ0) is 12.6. The predicted molar refractivity (Wildman–Crippen MR) is 69.5 cm³/mol. The molecule has 0 aliphatic carbocycles. The van der Waals surface area contributed by atoms with Crippen LogP contribution in [0.3, 0.4) is 0 Å². The number of nitrogens with one attached hydrogen (secondary N) is 1. The highest BCUT2D eigenvalue weighted by Crippen LogP contribution is 2.19. The molecule has 1 aliphatic rings. The van der Waals surface area contributed by atoms with Gasteiger partial charge in [0.05, 0.1) is 5.75 Å². The van der Waals surface area contributed by atoms with Crippen LogP contribution in [0.5, 0.6) is 0 Å². The maximum Gasteiger partial charge on any atom is 0.211 e. The van der Waals surface area contributed by atoms with E-state index < -0.39 is 10.0 Å². The second kappa shape index (κ2) is 8.06. The Bertz CT molecular complexity index is 284. The van der Waals surface area contributed by atoms with E-state index in [1.165, 1.54) is 0 Å². The van der Waals surface area contributed by atoms with Gasteiger partial charge < -0.3 is 4.74 Å². The van der Waals surface area contributed by atoms with Crippen LogP contribution in [-0.2, 0) is 14.8 Å². The first-order valence-corrected chi connectivity index (χ1v) is 8.34. The third-order valence-electron chi connectivity index (χ3n) is 3.22. The normalized spacial score (nSPS) is 18.4. The number of rotatable bonds is 8. The highest BCUT2D eigenvalue weighted by Gasteiger charge is 2.14. The Labute approximate surface area is 105 Å². The maximum atomic E-state index is 11.5. The highest BCUT2D eigenvalue weighted by molar-refractivity contribution is 7.89. The lowest BCUT2D eigenvalue weighted by atomic mass is 9.95. The van der Waals surface area contributed by atoms with Crippen molar-refractivity contribution >= 4 is 10.0 Å². The van der Waals surface area contributed by atoms with Crippen LogP contribution >= 0.6 is 0 Å². The molecule has 0 atom stereocenters. The lowest BCUT2D eigenvalue weighted by molar-refractivity contribution is 0.0634. The Balaban J connectivity index is 2.06. The Morgan fingerprint density at radius 3 is 2.59 bits per heavy atom. The van der Waals surface area contributed by atoms with E-state index in [1.807, 2.05) is 6.92 Å². The van der Waals surface area contributed by atoms with Crippen LogP contribution in [-0.4, -0.2) is 33.9 Å². The smallest absolute Gasteiger partial charge is 0.211 e. The Kier molecular flexibility index (Phi) is 7.08. The molecule has 0 saturated carbocycles. The Morgan fingerprint density at radius 1 is 1.24 bits per heavy atom. The van der Waals surface area contributed by atoms with Crippen molar-refractivity contribution in [2.75, 3.05) is 25.5 Å². The largest absolute Gasteiger partial charge is 0.381 e. The zero-order valence-corrected chi connectivity index (χ0v) is 11.6. The molecule has 0 aromatic carbocycles. The lowest BCUT2D eigenvalue weighted by Crippen LogP contribution is -2.28. The fourth-order valence-electron chi connectivity index (χ4n) is 2.06. The van der Waals surface area contributed by atoms with E-state index in [0.29, 0.717) is 6.54 Å². The van der Waals surface area contributed by atoms with Gasteiger partial charge in [-0.05, 0) is 38.0 Å². The van der Waals surface area contributed by atoms with E-state index in [-0.39, 0.29) is 5.75 Å². The van der Waals surface area contributed by atoms with Crippen molar-refractivity contribution in [2.24, 2.45) is 5.92 Å². The standard InChI is InChI=1S/C12H25NO3S/c1-2-3-11-17(14,15)13-8-4-5-12-6-9-16-10-7-12/h12-13H,2-11H2,1H3. The Morgan fingerprint density at radius 2 is 1.94 bits per heavy atom. The molecule has 1 N–H and O–H groups in total. The molecule has 1 rings (SSSR count). The summed E-state index contributed by atoms with van der Waals surface area (Å²) in [5, 5.41) is 0. The highest BCUT2D eigenvalue weighted by atomic mass is 32.2. The van der Waals surface area contributed by atoms with Gasteiger partial charge in [0.1, 0.15) is 0 Å². The predicted octanol–water partition coefficient (Wildman–Crippen LogP) is 1.91. The van der Waals surface area contributed by atoms with Gasteiger partial charge in [-0.25, -0.2) is 13.1 Å². The van der Waals surface area contributed by atoms with Gasteiger partial charge in [-0.15, -0.1) is 0 Å². The summed E-state index contributed by atoms with van der Waals surface area (Å²) < 4.78 is 31.0. The van der Waals surface area contributed by atoms with Crippen molar-refractivity contribution in [3.05, 3.63) is 0 Å². The van der Waals surface area contributed by atoms with Gasteiger partial charge in [0.15, 0.2) is 0 Å². The first kappa shape index (κ1) is 14.9. The molecule has 4 nitrogen and oxygen atoms in total. The van der Waals surface area contributed by atoms with Gasteiger partial charge in [-0.3, -0.25) is 0 Å². The molecular formula is C12H25NO3S. The average Bonchev–Trinajstić information content (AvgIpc) is 2.34. The van der Waals surface area contributed by atoms with Gasteiger partial charge in [0.2, 0.25) is 10.0 Å². The molecule has 1 saturated heterocycles. The molecule has 5 heteroatoms.